The lowest BCUT2D eigenvalue weighted by atomic mass is 9.96. The Hall–Kier alpha value is -3.64. The van der Waals surface area contributed by atoms with Gasteiger partial charge in [0, 0.05) is 29.0 Å². The van der Waals surface area contributed by atoms with Gasteiger partial charge < -0.3 is 19.5 Å². The SMILES string of the molecule is CCc1ccc(-n2c(C)cc([C@H]3[C@H](c4ccccn4)NC(=S)N3c3ccc(OC)cc3)c2C)cc1. The zero-order valence-electron chi connectivity index (χ0n) is 20.5. The monoisotopic (exact) mass is 482 g/mol. The van der Waals surface area contributed by atoms with Crippen molar-refractivity contribution in [3.63, 3.8) is 0 Å². The maximum atomic E-state index is 5.89. The lowest BCUT2D eigenvalue weighted by Gasteiger charge is -2.28. The van der Waals surface area contributed by atoms with Crippen molar-refractivity contribution in [3.05, 3.63) is 107 Å². The summed E-state index contributed by atoms with van der Waals surface area (Å²) in [5, 5.41) is 4.25. The van der Waals surface area contributed by atoms with Crippen molar-refractivity contribution in [2.24, 2.45) is 0 Å². The summed E-state index contributed by atoms with van der Waals surface area (Å²) >= 11 is 5.89. The molecular weight excluding hydrogens is 452 g/mol. The Kier molecular flexibility index (Phi) is 6.31. The highest BCUT2D eigenvalue weighted by Gasteiger charge is 2.42. The molecule has 0 saturated carbocycles. The third kappa shape index (κ3) is 4.19. The summed E-state index contributed by atoms with van der Waals surface area (Å²) in [6, 6.07) is 25.1. The molecule has 0 amide bonds. The Morgan fingerprint density at radius 1 is 0.971 bits per heavy atom. The van der Waals surface area contributed by atoms with Crippen molar-refractivity contribution < 1.29 is 4.74 Å². The van der Waals surface area contributed by atoms with Crippen LogP contribution in [0.5, 0.6) is 5.75 Å². The van der Waals surface area contributed by atoms with Crippen LogP contribution in [0.1, 0.15) is 47.2 Å². The minimum Gasteiger partial charge on any atom is -0.497 e. The summed E-state index contributed by atoms with van der Waals surface area (Å²) in [5.41, 5.74) is 8.10. The molecule has 0 unspecified atom stereocenters. The Morgan fingerprint density at radius 2 is 1.69 bits per heavy atom. The fraction of sp³-hybridized carbons (Fsp3) is 0.241. The molecule has 35 heavy (non-hydrogen) atoms. The van der Waals surface area contributed by atoms with Crippen LogP contribution in [-0.4, -0.2) is 21.8 Å². The van der Waals surface area contributed by atoms with Crippen molar-refractivity contribution in [1.82, 2.24) is 14.9 Å². The first-order chi connectivity index (χ1) is 17.0. The van der Waals surface area contributed by atoms with Crippen LogP contribution in [0.25, 0.3) is 5.69 Å². The number of aromatic nitrogens is 2. The van der Waals surface area contributed by atoms with Crippen molar-refractivity contribution in [2.45, 2.75) is 39.3 Å². The molecule has 2 aromatic heterocycles. The lowest BCUT2D eigenvalue weighted by Crippen LogP contribution is -2.29. The quantitative estimate of drug-likeness (QED) is 0.330. The Morgan fingerprint density at radius 3 is 2.31 bits per heavy atom. The van der Waals surface area contributed by atoms with Gasteiger partial charge in [0.2, 0.25) is 0 Å². The summed E-state index contributed by atoms with van der Waals surface area (Å²) < 4.78 is 7.72. The molecule has 0 spiro atoms. The van der Waals surface area contributed by atoms with Crippen LogP contribution in [0.4, 0.5) is 5.69 Å². The van der Waals surface area contributed by atoms with Gasteiger partial charge in [-0.1, -0.05) is 25.1 Å². The van der Waals surface area contributed by atoms with Crippen LogP contribution in [0.15, 0.2) is 79.0 Å². The highest BCUT2D eigenvalue weighted by molar-refractivity contribution is 7.80. The zero-order valence-corrected chi connectivity index (χ0v) is 21.3. The van der Waals surface area contributed by atoms with E-state index in [1.807, 2.05) is 30.5 Å². The Balaban J connectivity index is 1.64. The topological polar surface area (TPSA) is 42.3 Å². The van der Waals surface area contributed by atoms with Crippen LogP contribution in [0.2, 0.25) is 0 Å². The second-order valence-electron chi connectivity index (χ2n) is 8.88. The lowest BCUT2D eigenvalue weighted by molar-refractivity contribution is 0.415. The minimum absolute atomic E-state index is 0.0549. The largest absolute Gasteiger partial charge is 0.497 e. The number of hydrogen-bond donors (Lipinski definition) is 1. The molecule has 3 heterocycles. The zero-order chi connectivity index (χ0) is 24.5. The van der Waals surface area contributed by atoms with E-state index in [4.69, 9.17) is 17.0 Å². The Bertz CT molecular complexity index is 1330. The molecule has 0 radical (unpaired) electrons. The van der Waals surface area contributed by atoms with Gasteiger partial charge in [-0.3, -0.25) is 4.98 Å². The molecule has 1 aliphatic rings. The van der Waals surface area contributed by atoms with Gasteiger partial charge in [0.1, 0.15) is 5.75 Å². The molecule has 0 bridgehead atoms. The summed E-state index contributed by atoms with van der Waals surface area (Å²) in [4.78, 5) is 6.90. The second-order valence-corrected chi connectivity index (χ2v) is 9.26. The van der Waals surface area contributed by atoms with Gasteiger partial charge in [-0.2, -0.15) is 0 Å². The molecule has 1 saturated heterocycles. The van der Waals surface area contributed by atoms with Crippen molar-refractivity contribution in [2.75, 3.05) is 12.0 Å². The molecule has 1 N–H and O–H groups in total. The number of benzene rings is 2. The number of pyridine rings is 1. The van der Waals surface area contributed by atoms with E-state index in [0.717, 1.165) is 23.6 Å². The first-order valence-electron chi connectivity index (χ1n) is 11.9. The van der Waals surface area contributed by atoms with E-state index in [1.165, 1.54) is 28.2 Å². The highest BCUT2D eigenvalue weighted by Crippen LogP contribution is 2.44. The molecular formula is C29H30N4OS. The number of methoxy groups -OCH3 is 1. The molecule has 178 valence electrons. The average molecular weight is 483 g/mol. The van der Waals surface area contributed by atoms with E-state index in [9.17, 15) is 0 Å². The molecule has 4 aromatic rings. The number of aryl methyl sites for hydroxylation is 2. The fourth-order valence-corrected chi connectivity index (χ4v) is 5.40. The smallest absolute Gasteiger partial charge is 0.174 e. The molecule has 1 aliphatic heterocycles. The van der Waals surface area contributed by atoms with Gasteiger partial charge in [-0.25, -0.2) is 0 Å². The van der Waals surface area contributed by atoms with Crippen LogP contribution < -0.4 is 15.0 Å². The molecule has 5 nitrogen and oxygen atoms in total. The number of anilines is 1. The predicted octanol–water partition coefficient (Wildman–Crippen LogP) is 6.24. The number of ether oxygens (including phenoxy) is 1. The maximum Gasteiger partial charge on any atom is 0.174 e. The van der Waals surface area contributed by atoms with Gasteiger partial charge in [0.05, 0.1) is 24.9 Å². The first-order valence-corrected chi connectivity index (χ1v) is 12.4. The van der Waals surface area contributed by atoms with E-state index >= 15 is 0 Å². The van der Waals surface area contributed by atoms with Crippen LogP contribution in [-0.2, 0) is 6.42 Å². The summed E-state index contributed by atoms with van der Waals surface area (Å²) in [7, 11) is 1.68. The molecule has 2 atom stereocenters. The molecule has 1 fully saturated rings. The van der Waals surface area contributed by atoms with Crippen LogP contribution >= 0.6 is 12.2 Å². The first kappa shape index (κ1) is 23.1. The van der Waals surface area contributed by atoms with Crippen molar-refractivity contribution in [1.29, 1.82) is 0 Å². The molecule has 0 aliphatic carbocycles. The van der Waals surface area contributed by atoms with E-state index in [0.29, 0.717) is 5.11 Å². The maximum absolute atomic E-state index is 5.89. The Labute approximate surface area is 212 Å². The van der Waals surface area contributed by atoms with Gasteiger partial charge in [-0.05, 0) is 98.2 Å². The minimum atomic E-state index is -0.0813. The number of hydrogen-bond acceptors (Lipinski definition) is 3. The number of rotatable bonds is 6. The molecule has 5 rings (SSSR count). The highest BCUT2D eigenvalue weighted by atomic mass is 32.1. The molecule has 2 aromatic carbocycles. The van der Waals surface area contributed by atoms with E-state index in [2.05, 4.69) is 89.1 Å². The van der Waals surface area contributed by atoms with Crippen LogP contribution in [0, 0.1) is 13.8 Å². The van der Waals surface area contributed by atoms with Crippen molar-refractivity contribution in [3.8, 4) is 11.4 Å². The number of thiocarbonyl (C=S) groups is 1. The summed E-state index contributed by atoms with van der Waals surface area (Å²) in [6.07, 6.45) is 2.87. The standard InChI is InChI=1S/C29H30N4OS/c1-5-21-9-11-22(12-10-21)32-19(2)18-25(20(32)3)28-27(26-8-6-7-17-30-26)31-29(35)33(28)23-13-15-24(34-4)16-14-23/h6-18,27-28H,5H2,1-4H3,(H,31,35)/t27-,28-/m0/s1. The van der Waals surface area contributed by atoms with Crippen LogP contribution in [0.3, 0.4) is 0 Å². The average Bonchev–Trinajstić information content (AvgIpc) is 3.39. The second kappa shape index (κ2) is 9.55. The third-order valence-corrected chi connectivity index (χ3v) is 7.15. The van der Waals surface area contributed by atoms with E-state index < -0.39 is 0 Å². The van der Waals surface area contributed by atoms with Gasteiger partial charge in [0.25, 0.3) is 0 Å². The van der Waals surface area contributed by atoms with Crippen molar-refractivity contribution >= 4 is 23.0 Å². The van der Waals surface area contributed by atoms with Gasteiger partial charge in [-0.15, -0.1) is 0 Å². The number of nitrogens with zero attached hydrogens (tertiary/aromatic N) is 3. The van der Waals surface area contributed by atoms with Gasteiger partial charge in [0.15, 0.2) is 5.11 Å². The fourth-order valence-electron chi connectivity index (χ4n) is 5.06. The molecule has 6 heteroatoms. The van der Waals surface area contributed by atoms with Gasteiger partial charge >= 0.3 is 0 Å². The van der Waals surface area contributed by atoms with E-state index in [1.54, 1.807) is 7.11 Å². The predicted molar refractivity (Wildman–Crippen MR) is 146 cm³/mol. The normalized spacial score (nSPS) is 17.5. The van der Waals surface area contributed by atoms with E-state index in [-0.39, 0.29) is 12.1 Å². The summed E-state index contributed by atoms with van der Waals surface area (Å²) in [5.74, 6) is 0.818. The number of nitrogens with one attached hydrogen (secondary N) is 1. The third-order valence-electron chi connectivity index (χ3n) is 6.84. The summed E-state index contributed by atoms with van der Waals surface area (Å²) in [6.45, 7) is 6.54.